The third-order valence-corrected chi connectivity index (χ3v) is 2.62. The highest BCUT2D eigenvalue weighted by Gasteiger charge is 2.08. The maximum absolute atomic E-state index is 6.00. The van der Waals surface area contributed by atoms with Gasteiger partial charge in [0.1, 0.15) is 17.8 Å². The molecule has 2 aromatic rings. The van der Waals surface area contributed by atoms with Gasteiger partial charge in [-0.2, -0.15) is 0 Å². The Morgan fingerprint density at radius 1 is 1.21 bits per heavy atom. The summed E-state index contributed by atoms with van der Waals surface area (Å²) in [4.78, 5) is 12.3. The van der Waals surface area contributed by atoms with Crippen LogP contribution in [0.4, 0.5) is 23.1 Å². The number of nitrogen functional groups attached to an aromatic ring is 1. The van der Waals surface area contributed by atoms with Gasteiger partial charge in [-0.15, -0.1) is 0 Å². The molecule has 0 aliphatic rings. The van der Waals surface area contributed by atoms with Gasteiger partial charge in [-0.3, -0.25) is 0 Å². The Hall–Kier alpha value is -2.08. The summed E-state index contributed by atoms with van der Waals surface area (Å²) in [5.74, 6) is 1.76. The Balaban J connectivity index is 2.18. The summed E-state index contributed by atoms with van der Waals surface area (Å²) in [7, 11) is 0. The summed E-state index contributed by atoms with van der Waals surface area (Å²) in [6.07, 6.45) is 4.00. The number of hydrogen-bond acceptors (Lipinski definition) is 6. The number of nitrogens with two attached hydrogens (primary N) is 1. The minimum atomic E-state index is 0.465. The van der Waals surface area contributed by atoms with Crippen molar-refractivity contribution in [3.05, 3.63) is 29.7 Å². The van der Waals surface area contributed by atoms with Crippen LogP contribution in [0.1, 0.15) is 13.3 Å². The predicted octanol–water partition coefficient (Wildman–Crippen LogP) is 2.67. The summed E-state index contributed by atoms with van der Waals surface area (Å²) in [6, 6.07) is 3.49. The highest BCUT2D eigenvalue weighted by atomic mass is 35.5. The maximum Gasteiger partial charge on any atom is 0.160 e. The lowest BCUT2D eigenvalue weighted by Gasteiger charge is -2.11. The highest BCUT2D eigenvalue weighted by molar-refractivity contribution is 6.30. The summed E-state index contributed by atoms with van der Waals surface area (Å²) in [5.41, 5.74) is 6.46. The molecule has 100 valence electrons. The third-order valence-electron chi connectivity index (χ3n) is 2.40. The van der Waals surface area contributed by atoms with Crippen LogP contribution in [0.3, 0.4) is 0 Å². The molecule has 0 atom stereocenters. The zero-order chi connectivity index (χ0) is 13.7. The first-order valence-corrected chi connectivity index (χ1v) is 6.31. The molecule has 0 saturated heterocycles. The molecule has 2 aromatic heterocycles. The second kappa shape index (κ2) is 6.19. The van der Waals surface area contributed by atoms with Crippen LogP contribution in [-0.4, -0.2) is 21.5 Å². The highest BCUT2D eigenvalue weighted by Crippen LogP contribution is 2.25. The zero-order valence-electron chi connectivity index (χ0n) is 10.5. The summed E-state index contributed by atoms with van der Waals surface area (Å²) in [5, 5.41) is 6.75. The third kappa shape index (κ3) is 3.45. The molecule has 0 aromatic carbocycles. The van der Waals surface area contributed by atoms with E-state index in [1.807, 2.05) is 0 Å². The molecule has 0 aliphatic carbocycles. The van der Waals surface area contributed by atoms with E-state index in [-0.39, 0.29) is 0 Å². The largest absolute Gasteiger partial charge is 0.393 e. The first-order chi connectivity index (χ1) is 9.20. The van der Waals surface area contributed by atoms with Crippen molar-refractivity contribution in [2.24, 2.45) is 0 Å². The number of hydrogen-bond donors (Lipinski definition) is 3. The standard InChI is InChI=1S/C12H15ClN6/c1-2-5-15-11-10(14)12(18-7-17-11)19-9-4-3-8(13)6-16-9/h3-4,6-7H,2,5,14H2,1H3,(H2,15,16,17,18,19). The van der Waals surface area contributed by atoms with E-state index in [1.54, 1.807) is 18.3 Å². The molecule has 0 saturated carbocycles. The molecule has 0 radical (unpaired) electrons. The van der Waals surface area contributed by atoms with Crippen LogP contribution in [0.25, 0.3) is 0 Å². The lowest BCUT2D eigenvalue weighted by atomic mass is 10.4. The Kier molecular flexibility index (Phi) is 4.35. The molecule has 2 rings (SSSR count). The predicted molar refractivity (Wildman–Crippen MR) is 77.8 cm³/mol. The second-order valence-electron chi connectivity index (χ2n) is 3.90. The molecule has 0 fully saturated rings. The molecule has 0 spiro atoms. The first-order valence-electron chi connectivity index (χ1n) is 5.93. The van der Waals surface area contributed by atoms with Crippen molar-refractivity contribution in [1.29, 1.82) is 0 Å². The molecule has 0 amide bonds. The van der Waals surface area contributed by atoms with E-state index in [0.717, 1.165) is 13.0 Å². The zero-order valence-corrected chi connectivity index (χ0v) is 11.3. The molecule has 4 N–H and O–H groups in total. The molecular weight excluding hydrogens is 264 g/mol. The van der Waals surface area contributed by atoms with Crippen LogP contribution in [0, 0.1) is 0 Å². The maximum atomic E-state index is 6.00. The second-order valence-corrected chi connectivity index (χ2v) is 4.33. The van der Waals surface area contributed by atoms with E-state index >= 15 is 0 Å². The first kappa shape index (κ1) is 13.4. The van der Waals surface area contributed by atoms with Crippen molar-refractivity contribution in [2.45, 2.75) is 13.3 Å². The minimum absolute atomic E-state index is 0.465. The van der Waals surface area contributed by atoms with Gasteiger partial charge in [0.25, 0.3) is 0 Å². The van der Waals surface area contributed by atoms with Gasteiger partial charge in [0, 0.05) is 12.7 Å². The molecule has 0 unspecified atom stereocenters. The van der Waals surface area contributed by atoms with Crippen LogP contribution in [0.5, 0.6) is 0 Å². The Morgan fingerprint density at radius 2 is 2.00 bits per heavy atom. The van der Waals surface area contributed by atoms with Crippen molar-refractivity contribution in [1.82, 2.24) is 15.0 Å². The van der Waals surface area contributed by atoms with Gasteiger partial charge in [0.2, 0.25) is 0 Å². The number of halogens is 1. The fourth-order valence-electron chi connectivity index (χ4n) is 1.45. The smallest absolute Gasteiger partial charge is 0.160 e. The van der Waals surface area contributed by atoms with Crippen LogP contribution >= 0.6 is 11.6 Å². The van der Waals surface area contributed by atoms with Gasteiger partial charge in [0.15, 0.2) is 11.6 Å². The SMILES string of the molecule is CCCNc1ncnc(Nc2ccc(Cl)cn2)c1N. The normalized spacial score (nSPS) is 10.2. The van der Waals surface area contributed by atoms with Gasteiger partial charge >= 0.3 is 0 Å². The molecule has 7 heteroatoms. The summed E-state index contributed by atoms with van der Waals surface area (Å²) >= 11 is 5.78. The minimum Gasteiger partial charge on any atom is -0.393 e. The van der Waals surface area contributed by atoms with Crippen molar-refractivity contribution >= 4 is 34.7 Å². The fraction of sp³-hybridized carbons (Fsp3) is 0.250. The lowest BCUT2D eigenvalue weighted by Crippen LogP contribution is -2.08. The average Bonchev–Trinajstić information content (AvgIpc) is 2.42. The molecule has 6 nitrogen and oxygen atoms in total. The van der Waals surface area contributed by atoms with E-state index in [0.29, 0.717) is 28.2 Å². The topological polar surface area (TPSA) is 88.8 Å². The summed E-state index contributed by atoms with van der Waals surface area (Å²) < 4.78 is 0. The van der Waals surface area contributed by atoms with Gasteiger partial charge < -0.3 is 16.4 Å². The van der Waals surface area contributed by atoms with E-state index in [4.69, 9.17) is 17.3 Å². The number of nitrogens with zero attached hydrogens (tertiary/aromatic N) is 3. The summed E-state index contributed by atoms with van der Waals surface area (Å²) in [6.45, 7) is 2.88. The van der Waals surface area contributed by atoms with Crippen molar-refractivity contribution in [3.63, 3.8) is 0 Å². The van der Waals surface area contributed by atoms with Gasteiger partial charge in [-0.25, -0.2) is 15.0 Å². The van der Waals surface area contributed by atoms with Crippen LogP contribution in [0.15, 0.2) is 24.7 Å². The van der Waals surface area contributed by atoms with Gasteiger partial charge in [-0.05, 0) is 18.6 Å². The van der Waals surface area contributed by atoms with Crippen LogP contribution in [-0.2, 0) is 0 Å². The number of nitrogens with one attached hydrogen (secondary N) is 2. The van der Waals surface area contributed by atoms with Crippen molar-refractivity contribution in [2.75, 3.05) is 22.9 Å². The molecule has 19 heavy (non-hydrogen) atoms. The van der Waals surface area contributed by atoms with E-state index in [1.165, 1.54) is 6.33 Å². The number of aromatic nitrogens is 3. The van der Waals surface area contributed by atoms with E-state index in [2.05, 4.69) is 32.5 Å². The quantitative estimate of drug-likeness (QED) is 0.779. The molecular formula is C12H15ClN6. The Labute approximate surface area is 116 Å². The van der Waals surface area contributed by atoms with Gasteiger partial charge in [0.05, 0.1) is 5.02 Å². The van der Waals surface area contributed by atoms with Gasteiger partial charge in [-0.1, -0.05) is 18.5 Å². The monoisotopic (exact) mass is 278 g/mol. The fourth-order valence-corrected chi connectivity index (χ4v) is 1.56. The lowest BCUT2D eigenvalue weighted by molar-refractivity contribution is 0.966. The van der Waals surface area contributed by atoms with Crippen molar-refractivity contribution in [3.8, 4) is 0 Å². The molecule has 0 aliphatic heterocycles. The molecule has 0 bridgehead atoms. The number of anilines is 4. The van der Waals surface area contributed by atoms with E-state index in [9.17, 15) is 0 Å². The number of rotatable bonds is 5. The molecule has 2 heterocycles. The number of pyridine rings is 1. The van der Waals surface area contributed by atoms with E-state index < -0.39 is 0 Å². The van der Waals surface area contributed by atoms with Crippen LogP contribution < -0.4 is 16.4 Å². The van der Waals surface area contributed by atoms with Crippen molar-refractivity contribution < 1.29 is 0 Å². The Morgan fingerprint density at radius 3 is 2.68 bits per heavy atom. The average molecular weight is 279 g/mol. The van der Waals surface area contributed by atoms with Crippen LogP contribution in [0.2, 0.25) is 5.02 Å². The Bertz CT molecular complexity index is 542.